The second-order valence-corrected chi connectivity index (χ2v) is 6.65. The van der Waals surface area contributed by atoms with Gasteiger partial charge in [0.25, 0.3) is 0 Å². The molecule has 138 valence electrons. The standard InChI is InChI=1S/C17H26N4O4/c1-17(2,3)25-16(24)21-13-10-11(18)8-9-12(13)20-15(23)7-5-4-6-14(19)22/h8-10H,4-7,18H2,1-3H3,(H2,19,22)(H,20,23)(H,21,24). The van der Waals surface area contributed by atoms with E-state index in [1.54, 1.807) is 32.9 Å². The molecule has 6 N–H and O–H groups in total. The molecule has 0 aliphatic heterocycles. The molecule has 0 atom stereocenters. The summed E-state index contributed by atoms with van der Waals surface area (Å²) in [6, 6.07) is 4.75. The van der Waals surface area contributed by atoms with Gasteiger partial charge in [0.15, 0.2) is 0 Å². The van der Waals surface area contributed by atoms with Crippen LogP contribution in [0.1, 0.15) is 46.5 Å². The Hall–Kier alpha value is -2.77. The number of nitrogen functional groups attached to an aromatic ring is 1. The van der Waals surface area contributed by atoms with Crippen LogP contribution in [0.5, 0.6) is 0 Å². The van der Waals surface area contributed by atoms with E-state index in [0.29, 0.717) is 29.9 Å². The molecule has 3 amide bonds. The predicted molar refractivity (Wildman–Crippen MR) is 97.0 cm³/mol. The van der Waals surface area contributed by atoms with E-state index < -0.39 is 11.7 Å². The Morgan fingerprint density at radius 3 is 2.28 bits per heavy atom. The summed E-state index contributed by atoms with van der Waals surface area (Å²) < 4.78 is 5.20. The fraction of sp³-hybridized carbons (Fsp3) is 0.471. The van der Waals surface area contributed by atoms with Gasteiger partial charge in [-0.05, 0) is 51.8 Å². The minimum Gasteiger partial charge on any atom is -0.444 e. The Bertz CT molecular complexity index is 638. The third kappa shape index (κ3) is 8.59. The number of amides is 3. The molecule has 25 heavy (non-hydrogen) atoms. The van der Waals surface area contributed by atoms with Gasteiger partial charge in [0.1, 0.15) is 5.60 Å². The van der Waals surface area contributed by atoms with Crippen molar-refractivity contribution in [3.05, 3.63) is 18.2 Å². The van der Waals surface area contributed by atoms with Crippen LogP contribution < -0.4 is 22.1 Å². The highest BCUT2D eigenvalue weighted by atomic mass is 16.6. The Labute approximate surface area is 147 Å². The van der Waals surface area contributed by atoms with E-state index >= 15 is 0 Å². The molecule has 1 aromatic rings. The van der Waals surface area contributed by atoms with Gasteiger partial charge < -0.3 is 21.5 Å². The molecule has 1 aromatic carbocycles. The van der Waals surface area contributed by atoms with Crippen LogP contribution >= 0.6 is 0 Å². The molecule has 0 bridgehead atoms. The fourth-order valence-corrected chi connectivity index (χ4v) is 1.99. The summed E-state index contributed by atoms with van der Waals surface area (Å²) in [6.45, 7) is 5.25. The molecule has 8 heteroatoms. The quantitative estimate of drug-likeness (QED) is 0.442. The second-order valence-electron chi connectivity index (χ2n) is 6.65. The van der Waals surface area contributed by atoms with Crippen LogP contribution in [-0.2, 0) is 14.3 Å². The molecule has 0 fully saturated rings. The summed E-state index contributed by atoms with van der Waals surface area (Å²) in [5.74, 6) is -0.621. The maximum absolute atomic E-state index is 12.0. The molecule has 1 rings (SSSR count). The lowest BCUT2D eigenvalue weighted by Gasteiger charge is -2.20. The first kappa shape index (κ1) is 20.3. The largest absolute Gasteiger partial charge is 0.444 e. The van der Waals surface area contributed by atoms with E-state index in [1.165, 1.54) is 6.07 Å². The van der Waals surface area contributed by atoms with Gasteiger partial charge in [0.2, 0.25) is 11.8 Å². The van der Waals surface area contributed by atoms with Crippen LogP contribution in [0.2, 0.25) is 0 Å². The predicted octanol–water partition coefficient (Wildman–Crippen LogP) is 2.60. The maximum Gasteiger partial charge on any atom is 0.412 e. The van der Waals surface area contributed by atoms with Crippen molar-refractivity contribution < 1.29 is 19.1 Å². The minimum absolute atomic E-state index is 0.235. The Balaban J connectivity index is 2.68. The van der Waals surface area contributed by atoms with Crippen LogP contribution in [0.3, 0.4) is 0 Å². The van der Waals surface area contributed by atoms with Crippen LogP contribution in [0, 0.1) is 0 Å². The van der Waals surface area contributed by atoms with E-state index in [9.17, 15) is 14.4 Å². The lowest BCUT2D eigenvalue weighted by Crippen LogP contribution is -2.27. The summed E-state index contributed by atoms with van der Waals surface area (Å²) in [5, 5.41) is 5.29. The van der Waals surface area contributed by atoms with Gasteiger partial charge in [0.05, 0.1) is 11.4 Å². The first-order chi connectivity index (χ1) is 11.6. The monoisotopic (exact) mass is 350 g/mol. The number of carbonyl (C=O) groups excluding carboxylic acids is 3. The zero-order valence-corrected chi connectivity index (χ0v) is 14.8. The number of benzene rings is 1. The zero-order valence-electron chi connectivity index (χ0n) is 14.8. The van der Waals surface area contributed by atoms with Gasteiger partial charge >= 0.3 is 6.09 Å². The first-order valence-electron chi connectivity index (χ1n) is 8.04. The SMILES string of the molecule is CC(C)(C)OC(=O)Nc1cc(N)ccc1NC(=O)CCCCC(N)=O. The van der Waals surface area contributed by atoms with Gasteiger partial charge in [-0.3, -0.25) is 14.9 Å². The number of carbonyl (C=O) groups is 3. The molecular weight excluding hydrogens is 324 g/mol. The zero-order chi connectivity index (χ0) is 19.0. The molecule has 0 aliphatic carbocycles. The van der Waals surface area contributed by atoms with Crippen LogP contribution in [0.15, 0.2) is 18.2 Å². The van der Waals surface area contributed by atoms with Gasteiger partial charge in [-0.25, -0.2) is 4.79 Å². The number of hydrogen-bond acceptors (Lipinski definition) is 5. The number of anilines is 3. The molecule has 0 aromatic heterocycles. The molecule has 0 aliphatic rings. The molecule has 0 spiro atoms. The number of primary amides is 1. The van der Waals surface area contributed by atoms with Crippen molar-refractivity contribution in [2.75, 3.05) is 16.4 Å². The molecular formula is C17H26N4O4. The van der Waals surface area contributed by atoms with Gasteiger partial charge in [0, 0.05) is 18.5 Å². The number of ether oxygens (including phenoxy) is 1. The van der Waals surface area contributed by atoms with Crippen LogP contribution in [-0.4, -0.2) is 23.5 Å². The summed E-state index contributed by atoms with van der Waals surface area (Å²) in [7, 11) is 0. The number of rotatable bonds is 7. The Kier molecular flexibility index (Phi) is 7.22. The Morgan fingerprint density at radius 1 is 1.04 bits per heavy atom. The molecule has 0 heterocycles. The van der Waals surface area contributed by atoms with E-state index in [2.05, 4.69) is 10.6 Å². The normalized spacial score (nSPS) is 10.8. The smallest absolute Gasteiger partial charge is 0.412 e. The highest BCUT2D eigenvalue weighted by molar-refractivity contribution is 5.98. The van der Waals surface area contributed by atoms with E-state index in [0.717, 1.165) is 0 Å². The van der Waals surface area contributed by atoms with Gasteiger partial charge in [-0.15, -0.1) is 0 Å². The van der Waals surface area contributed by atoms with Crippen molar-refractivity contribution in [2.45, 2.75) is 52.1 Å². The lowest BCUT2D eigenvalue weighted by atomic mass is 10.1. The van der Waals surface area contributed by atoms with E-state index in [1.807, 2.05) is 0 Å². The number of unbranched alkanes of at least 4 members (excludes halogenated alkanes) is 1. The average molecular weight is 350 g/mol. The fourth-order valence-electron chi connectivity index (χ4n) is 1.99. The topological polar surface area (TPSA) is 137 Å². The van der Waals surface area contributed by atoms with Crippen LogP contribution in [0.4, 0.5) is 21.9 Å². The van der Waals surface area contributed by atoms with Crippen molar-refractivity contribution in [1.29, 1.82) is 0 Å². The summed E-state index contributed by atoms with van der Waals surface area (Å²) >= 11 is 0. The van der Waals surface area contributed by atoms with E-state index in [4.69, 9.17) is 16.2 Å². The Morgan fingerprint density at radius 2 is 1.68 bits per heavy atom. The average Bonchev–Trinajstić information content (AvgIpc) is 2.44. The van der Waals surface area contributed by atoms with Crippen molar-refractivity contribution in [1.82, 2.24) is 0 Å². The van der Waals surface area contributed by atoms with Crippen molar-refractivity contribution in [3.8, 4) is 0 Å². The van der Waals surface area contributed by atoms with Crippen LogP contribution in [0.25, 0.3) is 0 Å². The molecule has 0 saturated heterocycles. The molecule has 8 nitrogen and oxygen atoms in total. The number of hydrogen-bond donors (Lipinski definition) is 4. The second kappa shape index (κ2) is 8.91. The molecule has 0 saturated carbocycles. The van der Waals surface area contributed by atoms with E-state index in [-0.39, 0.29) is 24.7 Å². The van der Waals surface area contributed by atoms with Crippen molar-refractivity contribution in [2.24, 2.45) is 5.73 Å². The summed E-state index contributed by atoms with van der Waals surface area (Å²) in [6.07, 6.45) is 0.936. The summed E-state index contributed by atoms with van der Waals surface area (Å²) in [4.78, 5) is 34.6. The highest BCUT2D eigenvalue weighted by Gasteiger charge is 2.18. The summed E-state index contributed by atoms with van der Waals surface area (Å²) in [5.41, 5.74) is 11.3. The molecule has 0 radical (unpaired) electrons. The van der Waals surface area contributed by atoms with Crippen molar-refractivity contribution in [3.63, 3.8) is 0 Å². The molecule has 0 unspecified atom stereocenters. The van der Waals surface area contributed by atoms with Crippen molar-refractivity contribution >= 4 is 35.0 Å². The maximum atomic E-state index is 12.0. The van der Waals surface area contributed by atoms with Gasteiger partial charge in [-0.1, -0.05) is 0 Å². The third-order valence-corrected chi connectivity index (χ3v) is 3.03. The first-order valence-corrected chi connectivity index (χ1v) is 8.04. The number of nitrogens with one attached hydrogen (secondary N) is 2. The lowest BCUT2D eigenvalue weighted by molar-refractivity contribution is -0.119. The van der Waals surface area contributed by atoms with Gasteiger partial charge in [-0.2, -0.15) is 0 Å². The highest BCUT2D eigenvalue weighted by Crippen LogP contribution is 2.25. The minimum atomic E-state index is -0.645. The third-order valence-electron chi connectivity index (χ3n) is 3.03. The number of nitrogens with two attached hydrogens (primary N) is 2.